The summed E-state index contributed by atoms with van der Waals surface area (Å²) in [6, 6.07) is 13.2. The number of halogens is 1. The minimum Gasteiger partial charge on any atom is -0.465 e. The molecular weight excluding hydrogens is 365 g/mol. The van der Waals surface area contributed by atoms with E-state index in [0.29, 0.717) is 16.9 Å². The number of ether oxygens (including phenoxy) is 1. The van der Waals surface area contributed by atoms with Gasteiger partial charge in [0, 0.05) is 10.6 Å². The highest BCUT2D eigenvalue weighted by Crippen LogP contribution is 2.36. The number of carbonyl (C=O) groups is 2. The molecule has 3 rings (SSSR count). The van der Waals surface area contributed by atoms with E-state index in [-0.39, 0.29) is 22.9 Å². The molecule has 1 aliphatic rings. The van der Waals surface area contributed by atoms with Crippen LogP contribution < -0.4 is 4.90 Å². The minimum absolute atomic E-state index is 0.210. The van der Waals surface area contributed by atoms with Gasteiger partial charge in [-0.05, 0) is 55.2 Å². The van der Waals surface area contributed by atoms with Crippen LogP contribution in [0, 0.1) is 5.82 Å². The van der Waals surface area contributed by atoms with E-state index in [4.69, 9.17) is 4.74 Å². The van der Waals surface area contributed by atoms with E-state index >= 15 is 0 Å². The lowest BCUT2D eigenvalue weighted by atomic mass is 10.0. The van der Waals surface area contributed by atoms with E-state index in [0.717, 1.165) is 4.90 Å². The maximum atomic E-state index is 13.2. The fourth-order valence-electron chi connectivity index (χ4n) is 2.97. The van der Waals surface area contributed by atoms with Crippen LogP contribution in [0.4, 0.5) is 10.1 Å². The van der Waals surface area contributed by atoms with E-state index in [1.54, 1.807) is 36.9 Å². The summed E-state index contributed by atoms with van der Waals surface area (Å²) in [4.78, 5) is 28.0. The zero-order valence-corrected chi connectivity index (χ0v) is 16.0. The number of anilines is 1. The first-order valence-corrected chi connectivity index (χ1v) is 9.44. The molecule has 0 unspecified atom stereocenters. The van der Waals surface area contributed by atoms with Crippen molar-refractivity contribution in [3.63, 3.8) is 0 Å². The molecule has 6 heteroatoms. The van der Waals surface area contributed by atoms with Crippen LogP contribution in [0.3, 0.4) is 0 Å². The first-order chi connectivity index (χ1) is 13.0. The van der Waals surface area contributed by atoms with E-state index < -0.39 is 5.97 Å². The Hall–Kier alpha value is -2.86. The highest BCUT2D eigenvalue weighted by molar-refractivity contribution is 7.98. The predicted octanol–water partition coefficient (Wildman–Crippen LogP) is 4.42. The Morgan fingerprint density at radius 3 is 2.52 bits per heavy atom. The lowest BCUT2D eigenvalue weighted by molar-refractivity contribution is -0.136. The number of hydrogen-bond donors (Lipinski definition) is 0. The Kier molecular flexibility index (Phi) is 5.46. The Bertz CT molecular complexity index is 964. The molecule has 1 heterocycles. The van der Waals surface area contributed by atoms with Gasteiger partial charge >= 0.3 is 5.97 Å². The number of allylic oxidation sites excluding steroid dienone is 1. The van der Waals surface area contributed by atoms with Crippen molar-refractivity contribution in [2.24, 2.45) is 0 Å². The Balaban J connectivity index is 2.12. The average molecular weight is 383 g/mol. The van der Waals surface area contributed by atoms with E-state index in [1.165, 1.54) is 24.1 Å². The zero-order chi connectivity index (χ0) is 19.6. The van der Waals surface area contributed by atoms with Gasteiger partial charge in [0.05, 0.1) is 23.9 Å². The maximum Gasteiger partial charge on any atom is 0.340 e. The average Bonchev–Trinajstić information content (AvgIpc) is 2.92. The normalized spacial score (nSPS) is 15.6. The van der Waals surface area contributed by atoms with Crippen molar-refractivity contribution >= 4 is 35.4 Å². The smallest absolute Gasteiger partial charge is 0.340 e. The molecule has 1 aliphatic heterocycles. The minimum atomic E-state index is -0.585. The second-order valence-electron chi connectivity index (χ2n) is 5.90. The number of hydrogen-bond acceptors (Lipinski definition) is 4. The molecule has 0 atom stereocenters. The molecule has 0 spiro atoms. The summed E-state index contributed by atoms with van der Waals surface area (Å²) >= 11 is 1.56. The van der Waals surface area contributed by atoms with Gasteiger partial charge < -0.3 is 4.74 Å². The zero-order valence-electron chi connectivity index (χ0n) is 15.2. The number of amides is 1. The lowest BCUT2D eigenvalue weighted by Gasteiger charge is -2.18. The van der Waals surface area contributed by atoms with Crippen LogP contribution in [0.1, 0.15) is 12.5 Å². The molecule has 1 amide bonds. The molecule has 0 aromatic heterocycles. The largest absolute Gasteiger partial charge is 0.465 e. The Labute approximate surface area is 161 Å². The van der Waals surface area contributed by atoms with Crippen LogP contribution >= 0.6 is 11.8 Å². The second-order valence-corrected chi connectivity index (χ2v) is 6.78. The topological polar surface area (TPSA) is 46.6 Å². The van der Waals surface area contributed by atoms with Crippen molar-refractivity contribution in [1.82, 2.24) is 0 Å². The van der Waals surface area contributed by atoms with Crippen molar-refractivity contribution in [3.8, 4) is 0 Å². The molecule has 2 aromatic carbocycles. The number of rotatable bonds is 4. The van der Waals surface area contributed by atoms with Crippen LogP contribution in [0.5, 0.6) is 0 Å². The lowest BCUT2D eigenvalue weighted by Crippen LogP contribution is -2.24. The van der Waals surface area contributed by atoms with Crippen molar-refractivity contribution in [2.45, 2.75) is 11.8 Å². The first kappa shape index (κ1) is 18.9. The van der Waals surface area contributed by atoms with Gasteiger partial charge in [0.15, 0.2) is 0 Å². The molecule has 0 fully saturated rings. The summed E-state index contributed by atoms with van der Waals surface area (Å²) in [6.45, 7) is 1.71. The van der Waals surface area contributed by atoms with Gasteiger partial charge in [-0.1, -0.05) is 18.2 Å². The quantitative estimate of drug-likeness (QED) is 0.445. The molecule has 138 valence electrons. The monoisotopic (exact) mass is 383 g/mol. The third kappa shape index (κ3) is 3.66. The Morgan fingerprint density at radius 2 is 1.89 bits per heavy atom. The molecule has 0 saturated heterocycles. The van der Waals surface area contributed by atoms with Crippen LogP contribution in [-0.2, 0) is 14.3 Å². The maximum absolute atomic E-state index is 13.2. The summed E-state index contributed by atoms with van der Waals surface area (Å²) in [6.07, 6.45) is 3.53. The SMILES string of the molecule is COC(=O)C1=C(C)N(c2cccc(SC)c2)C(=O)/C1=C\c1ccc(F)cc1. The van der Waals surface area contributed by atoms with Crippen molar-refractivity contribution in [3.05, 3.63) is 76.8 Å². The number of methoxy groups -OCH3 is 1. The molecular formula is C21H18FNO3S. The number of nitrogens with zero attached hydrogens (tertiary/aromatic N) is 1. The summed E-state index contributed by atoms with van der Waals surface area (Å²) in [7, 11) is 1.28. The molecule has 0 N–H and O–H groups in total. The first-order valence-electron chi connectivity index (χ1n) is 8.21. The van der Waals surface area contributed by atoms with Gasteiger partial charge in [-0.15, -0.1) is 11.8 Å². The van der Waals surface area contributed by atoms with Crippen molar-refractivity contribution < 1.29 is 18.7 Å². The van der Waals surface area contributed by atoms with Gasteiger partial charge in [0.2, 0.25) is 0 Å². The van der Waals surface area contributed by atoms with Crippen molar-refractivity contribution in [1.29, 1.82) is 0 Å². The van der Waals surface area contributed by atoms with Gasteiger partial charge in [-0.25, -0.2) is 9.18 Å². The summed E-state index contributed by atoms with van der Waals surface area (Å²) in [5, 5.41) is 0. The number of esters is 1. The molecule has 0 radical (unpaired) electrons. The summed E-state index contributed by atoms with van der Waals surface area (Å²) in [5.74, 6) is -1.28. The standard InChI is InChI=1S/C21H18FNO3S/c1-13-19(21(25)26-2)18(11-14-7-9-15(22)10-8-14)20(24)23(13)16-5-4-6-17(12-16)27-3/h4-12H,1-3H3/b18-11-. The van der Waals surface area contributed by atoms with E-state index in [9.17, 15) is 14.0 Å². The summed E-state index contributed by atoms with van der Waals surface area (Å²) in [5.41, 5.74) is 2.22. The van der Waals surface area contributed by atoms with Crippen LogP contribution in [0.25, 0.3) is 6.08 Å². The van der Waals surface area contributed by atoms with Crippen LogP contribution in [0.15, 0.2) is 70.3 Å². The molecule has 4 nitrogen and oxygen atoms in total. The van der Waals surface area contributed by atoms with Gasteiger partial charge in [0.1, 0.15) is 5.82 Å². The van der Waals surface area contributed by atoms with E-state index in [1.807, 2.05) is 30.5 Å². The van der Waals surface area contributed by atoms with Crippen LogP contribution in [0.2, 0.25) is 0 Å². The summed E-state index contributed by atoms with van der Waals surface area (Å²) < 4.78 is 18.1. The number of benzene rings is 2. The second kappa shape index (κ2) is 7.80. The van der Waals surface area contributed by atoms with Crippen molar-refractivity contribution in [2.75, 3.05) is 18.3 Å². The highest BCUT2D eigenvalue weighted by atomic mass is 32.2. The molecule has 0 saturated carbocycles. The van der Waals surface area contributed by atoms with Gasteiger partial charge in [-0.2, -0.15) is 0 Å². The molecule has 2 aromatic rings. The third-order valence-corrected chi connectivity index (χ3v) is 5.01. The molecule has 0 bridgehead atoms. The van der Waals surface area contributed by atoms with Gasteiger partial charge in [0.25, 0.3) is 5.91 Å². The molecule has 27 heavy (non-hydrogen) atoms. The predicted molar refractivity (Wildman–Crippen MR) is 105 cm³/mol. The fraction of sp³-hybridized carbons (Fsp3) is 0.143. The highest BCUT2D eigenvalue weighted by Gasteiger charge is 2.37. The molecule has 0 aliphatic carbocycles. The fourth-order valence-corrected chi connectivity index (χ4v) is 3.42. The number of carbonyl (C=O) groups excluding carboxylic acids is 2. The third-order valence-electron chi connectivity index (χ3n) is 4.28. The Morgan fingerprint density at radius 1 is 1.19 bits per heavy atom. The number of thioether (sulfide) groups is 1. The van der Waals surface area contributed by atoms with Crippen LogP contribution in [-0.4, -0.2) is 25.2 Å². The van der Waals surface area contributed by atoms with E-state index in [2.05, 4.69) is 0 Å². The van der Waals surface area contributed by atoms with Gasteiger partial charge in [-0.3, -0.25) is 9.69 Å².